The van der Waals surface area contributed by atoms with E-state index in [1.807, 2.05) is 30.3 Å². The van der Waals surface area contributed by atoms with Crippen LogP contribution >= 0.6 is 24.8 Å². The van der Waals surface area contributed by atoms with Crippen molar-refractivity contribution in [2.45, 2.75) is 18.4 Å². The van der Waals surface area contributed by atoms with Gasteiger partial charge < -0.3 is 25.3 Å². The number of nitrogens with two attached hydrogens (primary N) is 1. The molecule has 28 heavy (non-hydrogen) atoms. The lowest BCUT2D eigenvalue weighted by molar-refractivity contribution is -0.124. The van der Waals surface area contributed by atoms with Crippen molar-refractivity contribution in [3.05, 3.63) is 36.4 Å². The zero-order valence-electron chi connectivity index (χ0n) is 15.2. The predicted molar refractivity (Wildman–Crippen MR) is 111 cm³/mol. The number of halogens is 2. The van der Waals surface area contributed by atoms with E-state index in [1.54, 1.807) is 6.07 Å². The molecule has 2 aliphatic rings. The number of pyridine rings is 1. The molecule has 2 aromatic rings. The Balaban J connectivity index is 0.00000140. The lowest BCUT2D eigenvalue weighted by Crippen LogP contribution is -2.54. The Labute approximate surface area is 175 Å². The lowest BCUT2D eigenvalue weighted by Gasteiger charge is -2.31. The first-order valence-electron chi connectivity index (χ1n) is 8.69. The molecule has 3 heterocycles. The van der Waals surface area contributed by atoms with Gasteiger partial charge in [0.05, 0.1) is 5.69 Å². The van der Waals surface area contributed by atoms with Crippen LogP contribution in [0.1, 0.15) is 12.8 Å². The molecule has 152 valence electrons. The molecule has 4 rings (SSSR count). The van der Waals surface area contributed by atoms with E-state index in [2.05, 4.69) is 10.3 Å². The van der Waals surface area contributed by atoms with Crippen LogP contribution in [0, 0.1) is 0 Å². The Hall–Kier alpha value is -2.06. The van der Waals surface area contributed by atoms with Crippen LogP contribution in [0.15, 0.2) is 36.4 Å². The SMILES string of the molecule is Cl.Cl.NC1(C(=O)Nc2cccc(-c3ccc4c(c3)OCCO4)n2)CCOCC1. The third kappa shape index (κ3) is 4.67. The number of hydrogen-bond acceptors (Lipinski definition) is 6. The maximum atomic E-state index is 12.6. The quantitative estimate of drug-likeness (QED) is 0.781. The summed E-state index contributed by atoms with van der Waals surface area (Å²) in [6.45, 7) is 2.07. The third-order valence-corrected chi connectivity index (χ3v) is 4.67. The van der Waals surface area contributed by atoms with Gasteiger partial charge in [-0.3, -0.25) is 4.79 Å². The first-order valence-corrected chi connectivity index (χ1v) is 8.69. The molecule has 0 atom stereocenters. The number of amides is 1. The molecule has 0 bridgehead atoms. The number of carbonyl (C=O) groups excluding carboxylic acids is 1. The Kier molecular flexibility index (Phi) is 7.48. The molecule has 9 heteroatoms. The Bertz CT molecular complexity index is 829. The van der Waals surface area contributed by atoms with E-state index in [9.17, 15) is 4.79 Å². The lowest BCUT2D eigenvalue weighted by atomic mass is 9.90. The fourth-order valence-corrected chi connectivity index (χ4v) is 3.07. The topological polar surface area (TPSA) is 95.7 Å². The molecule has 0 radical (unpaired) electrons. The number of ether oxygens (including phenoxy) is 3. The van der Waals surface area contributed by atoms with Crippen LogP contribution in [0.25, 0.3) is 11.3 Å². The molecule has 0 unspecified atom stereocenters. The fraction of sp³-hybridized carbons (Fsp3) is 0.368. The number of anilines is 1. The van der Waals surface area contributed by atoms with Gasteiger partial charge in [-0.1, -0.05) is 6.07 Å². The summed E-state index contributed by atoms with van der Waals surface area (Å²) < 4.78 is 16.5. The number of benzene rings is 1. The highest BCUT2D eigenvalue weighted by molar-refractivity contribution is 5.97. The fourth-order valence-electron chi connectivity index (χ4n) is 3.07. The van der Waals surface area contributed by atoms with Crippen LogP contribution in [0.5, 0.6) is 11.5 Å². The Morgan fingerprint density at radius 2 is 1.71 bits per heavy atom. The van der Waals surface area contributed by atoms with Gasteiger partial charge in [0, 0.05) is 18.8 Å². The van der Waals surface area contributed by atoms with Crippen LogP contribution in [-0.2, 0) is 9.53 Å². The van der Waals surface area contributed by atoms with Crippen molar-refractivity contribution in [2.75, 3.05) is 31.7 Å². The summed E-state index contributed by atoms with van der Waals surface area (Å²) in [7, 11) is 0. The summed E-state index contributed by atoms with van der Waals surface area (Å²) in [6, 6.07) is 11.2. The minimum absolute atomic E-state index is 0. The van der Waals surface area contributed by atoms with Crippen molar-refractivity contribution >= 4 is 36.5 Å². The third-order valence-electron chi connectivity index (χ3n) is 4.67. The largest absolute Gasteiger partial charge is 0.486 e. The van der Waals surface area contributed by atoms with Crippen molar-refractivity contribution in [1.82, 2.24) is 4.98 Å². The maximum Gasteiger partial charge on any atom is 0.245 e. The molecular formula is C19H23Cl2N3O4. The second-order valence-corrected chi connectivity index (χ2v) is 6.49. The highest BCUT2D eigenvalue weighted by Gasteiger charge is 2.36. The van der Waals surface area contributed by atoms with Gasteiger partial charge in [0.1, 0.15) is 24.6 Å². The maximum absolute atomic E-state index is 12.6. The van der Waals surface area contributed by atoms with Gasteiger partial charge in [0.25, 0.3) is 0 Å². The molecule has 0 spiro atoms. The van der Waals surface area contributed by atoms with E-state index in [4.69, 9.17) is 19.9 Å². The van der Waals surface area contributed by atoms with Crippen LogP contribution in [0.3, 0.4) is 0 Å². The van der Waals surface area contributed by atoms with E-state index in [1.165, 1.54) is 0 Å². The predicted octanol–water partition coefficient (Wildman–Crippen LogP) is 2.81. The number of hydrogen-bond donors (Lipinski definition) is 2. The first-order chi connectivity index (χ1) is 12.6. The standard InChI is InChI=1S/C19H21N3O4.2ClH/c20-19(6-8-24-9-7-19)18(23)22-17-3-1-2-14(21-17)13-4-5-15-16(12-13)26-11-10-25-15;;/h1-5,12H,6-11,20H2,(H,21,22,23);2*1H. The van der Waals surface area contributed by atoms with Gasteiger partial charge in [-0.2, -0.15) is 0 Å². The molecule has 1 aromatic heterocycles. The van der Waals surface area contributed by atoms with Gasteiger partial charge >= 0.3 is 0 Å². The van der Waals surface area contributed by atoms with E-state index in [0.29, 0.717) is 50.8 Å². The summed E-state index contributed by atoms with van der Waals surface area (Å²) in [5, 5.41) is 2.84. The van der Waals surface area contributed by atoms with Crippen molar-refractivity contribution < 1.29 is 19.0 Å². The van der Waals surface area contributed by atoms with Crippen molar-refractivity contribution in [3.8, 4) is 22.8 Å². The first kappa shape index (κ1) is 22.2. The van der Waals surface area contributed by atoms with Crippen LogP contribution in [0.2, 0.25) is 0 Å². The molecule has 2 aliphatic heterocycles. The monoisotopic (exact) mass is 427 g/mol. The van der Waals surface area contributed by atoms with Crippen LogP contribution in [0.4, 0.5) is 5.82 Å². The molecular weight excluding hydrogens is 405 g/mol. The number of aromatic nitrogens is 1. The Morgan fingerprint density at radius 1 is 1.00 bits per heavy atom. The molecule has 1 amide bonds. The summed E-state index contributed by atoms with van der Waals surface area (Å²) in [4.78, 5) is 17.1. The molecule has 3 N–H and O–H groups in total. The van der Waals surface area contributed by atoms with Gasteiger partial charge in [0.2, 0.25) is 5.91 Å². The summed E-state index contributed by atoms with van der Waals surface area (Å²) in [5.74, 6) is 1.67. The second-order valence-electron chi connectivity index (χ2n) is 6.49. The van der Waals surface area contributed by atoms with Gasteiger partial charge in [0.15, 0.2) is 11.5 Å². The number of fused-ring (bicyclic) bond motifs is 1. The second kappa shape index (κ2) is 9.43. The summed E-state index contributed by atoms with van der Waals surface area (Å²) >= 11 is 0. The zero-order valence-corrected chi connectivity index (χ0v) is 16.8. The van der Waals surface area contributed by atoms with Crippen LogP contribution < -0.4 is 20.5 Å². The average molecular weight is 428 g/mol. The highest BCUT2D eigenvalue weighted by atomic mass is 35.5. The summed E-state index contributed by atoms with van der Waals surface area (Å²) in [6.07, 6.45) is 1.00. The van der Waals surface area contributed by atoms with Crippen molar-refractivity contribution in [2.24, 2.45) is 5.73 Å². The van der Waals surface area contributed by atoms with Crippen molar-refractivity contribution in [1.29, 1.82) is 0 Å². The van der Waals surface area contributed by atoms with Gasteiger partial charge in [-0.05, 0) is 43.2 Å². The van der Waals surface area contributed by atoms with E-state index < -0.39 is 5.54 Å². The molecule has 7 nitrogen and oxygen atoms in total. The molecule has 1 saturated heterocycles. The minimum Gasteiger partial charge on any atom is -0.486 e. The minimum atomic E-state index is -0.910. The number of nitrogens with zero attached hydrogens (tertiary/aromatic N) is 1. The average Bonchev–Trinajstić information content (AvgIpc) is 2.68. The number of rotatable bonds is 3. The molecule has 1 aromatic carbocycles. The molecule has 0 saturated carbocycles. The normalized spacial score (nSPS) is 16.9. The van der Waals surface area contributed by atoms with Crippen LogP contribution in [-0.4, -0.2) is 42.9 Å². The zero-order chi connectivity index (χ0) is 18.0. The molecule has 0 aliphatic carbocycles. The number of nitrogens with one attached hydrogen (secondary N) is 1. The van der Waals surface area contributed by atoms with E-state index >= 15 is 0 Å². The molecule has 1 fully saturated rings. The Morgan fingerprint density at radius 3 is 2.46 bits per heavy atom. The van der Waals surface area contributed by atoms with Gasteiger partial charge in [-0.25, -0.2) is 4.98 Å². The van der Waals surface area contributed by atoms with Crippen molar-refractivity contribution in [3.63, 3.8) is 0 Å². The van der Waals surface area contributed by atoms with E-state index in [0.717, 1.165) is 17.0 Å². The van der Waals surface area contributed by atoms with Gasteiger partial charge in [-0.15, -0.1) is 24.8 Å². The number of carbonyl (C=O) groups is 1. The summed E-state index contributed by atoms with van der Waals surface area (Å²) in [5.41, 5.74) is 6.94. The highest BCUT2D eigenvalue weighted by Crippen LogP contribution is 2.34. The smallest absolute Gasteiger partial charge is 0.245 e. The van der Waals surface area contributed by atoms with E-state index in [-0.39, 0.29) is 30.7 Å².